The molecule has 7 heteroatoms. The SMILES string of the molecule is CN(C)C1CCN(C(=O)c2ccc(CNS(=O)(=O)c3ccc(C(C)(C)C)cc3)cc2)CC1. The summed E-state index contributed by atoms with van der Waals surface area (Å²) in [7, 11) is 0.553. The maximum Gasteiger partial charge on any atom is 0.253 e. The van der Waals surface area contributed by atoms with Gasteiger partial charge >= 0.3 is 0 Å². The molecule has 1 N–H and O–H groups in total. The van der Waals surface area contributed by atoms with Crippen LogP contribution in [0.25, 0.3) is 0 Å². The second-order valence-corrected chi connectivity index (χ2v) is 11.5. The highest BCUT2D eigenvalue weighted by atomic mass is 32.2. The molecule has 174 valence electrons. The van der Waals surface area contributed by atoms with E-state index in [2.05, 4.69) is 44.5 Å². The Morgan fingerprint density at radius 1 is 1.00 bits per heavy atom. The van der Waals surface area contributed by atoms with Gasteiger partial charge in [-0.3, -0.25) is 4.79 Å². The van der Waals surface area contributed by atoms with E-state index < -0.39 is 10.0 Å². The molecule has 1 heterocycles. The van der Waals surface area contributed by atoms with Gasteiger partial charge in [-0.25, -0.2) is 13.1 Å². The molecule has 0 atom stereocenters. The lowest BCUT2D eigenvalue weighted by molar-refractivity contribution is 0.0663. The summed E-state index contributed by atoms with van der Waals surface area (Å²) >= 11 is 0. The maximum atomic E-state index is 12.8. The molecule has 0 unspecified atom stereocenters. The van der Waals surface area contributed by atoms with Crippen molar-refractivity contribution in [1.82, 2.24) is 14.5 Å². The van der Waals surface area contributed by atoms with Gasteiger partial charge in [-0.1, -0.05) is 45.0 Å². The number of likely N-dealkylation sites (tertiary alicyclic amines) is 1. The van der Waals surface area contributed by atoms with E-state index in [-0.39, 0.29) is 22.8 Å². The lowest BCUT2D eigenvalue weighted by Crippen LogP contribution is -2.44. The average molecular weight is 458 g/mol. The predicted octanol–water partition coefficient (Wildman–Crippen LogP) is 3.63. The lowest BCUT2D eigenvalue weighted by Gasteiger charge is -2.35. The second-order valence-electron chi connectivity index (χ2n) is 9.78. The number of nitrogens with zero attached hydrogens (tertiary/aromatic N) is 2. The molecular weight excluding hydrogens is 422 g/mol. The molecular formula is C25H35N3O3S. The standard InChI is InChI=1S/C25H35N3O3S/c1-25(2,3)21-10-12-23(13-11-21)32(30,31)26-18-19-6-8-20(9-7-19)24(29)28-16-14-22(15-17-28)27(4)5/h6-13,22,26H,14-18H2,1-5H3. The van der Waals surface area contributed by atoms with Crippen LogP contribution in [0.4, 0.5) is 0 Å². The average Bonchev–Trinajstić information content (AvgIpc) is 2.77. The molecule has 2 aromatic rings. The van der Waals surface area contributed by atoms with Crippen molar-refractivity contribution in [3.8, 4) is 0 Å². The van der Waals surface area contributed by atoms with Crippen LogP contribution in [-0.4, -0.2) is 57.4 Å². The molecule has 3 rings (SSSR count). The Labute approximate surface area is 192 Å². The quantitative estimate of drug-likeness (QED) is 0.719. The summed E-state index contributed by atoms with van der Waals surface area (Å²) in [5.74, 6) is 0.0354. The largest absolute Gasteiger partial charge is 0.339 e. The van der Waals surface area contributed by atoms with Crippen LogP contribution >= 0.6 is 0 Å². The molecule has 0 spiro atoms. The van der Waals surface area contributed by atoms with Crippen LogP contribution in [0.1, 0.15) is 55.1 Å². The molecule has 1 amide bonds. The first-order valence-electron chi connectivity index (χ1n) is 11.1. The molecule has 0 bridgehead atoms. The van der Waals surface area contributed by atoms with Gasteiger partial charge in [-0.2, -0.15) is 0 Å². The van der Waals surface area contributed by atoms with E-state index in [0.717, 1.165) is 37.1 Å². The maximum absolute atomic E-state index is 12.8. The van der Waals surface area contributed by atoms with Crippen LogP contribution in [0.5, 0.6) is 0 Å². The molecule has 0 saturated carbocycles. The minimum Gasteiger partial charge on any atom is -0.339 e. The number of benzene rings is 2. The summed E-state index contributed by atoms with van der Waals surface area (Å²) in [6.45, 7) is 7.97. The van der Waals surface area contributed by atoms with Crippen molar-refractivity contribution in [3.63, 3.8) is 0 Å². The smallest absolute Gasteiger partial charge is 0.253 e. The second kappa shape index (κ2) is 9.73. The van der Waals surface area contributed by atoms with Crippen LogP contribution in [0, 0.1) is 0 Å². The number of hydrogen-bond donors (Lipinski definition) is 1. The summed E-state index contributed by atoms with van der Waals surface area (Å²) in [6, 6.07) is 14.7. The topological polar surface area (TPSA) is 69.7 Å². The van der Waals surface area contributed by atoms with Gasteiger partial charge in [0.2, 0.25) is 10.0 Å². The van der Waals surface area contributed by atoms with E-state index in [1.54, 1.807) is 24.3 Å². The normalized spacial score (nSPS) is 15.9. The molecule has 1 aliphatic rings. The van der Waals surface area contributed by atoms with Gasteiger partial charge in [0.1, 0.15) is 0 Å². The zero-order valence-electron chi connectivity index (χ0n) is 19.8. The minimum atomic E-state index is -3.61. The fraction of sp³-hybridized carbons (Fsp3) is 0.480. The third-order valence-electron chi connectivity index (χ3n) is 6.18. The van der Waals surface area contributed by atoms with Gasteiger partial charge in [0.15, 0.2) is 0 Å². The first-order valence-corrected chi connectivity index (χ1v) is 12.6. The molecule has 6 nitrogen and oxygen atoms in total. The predicted molar refractivity (Wildman–Crippen MR) is 128 cm³/mol. The van der Waals surface area contributed by atoms with Crippen LogP contribution in [0.2, 0.25) is 0 Å². The van der Waals surface area contributed by atoms with Gasteiger partial charge in [0.25, 0.3) is 5.91 Å². The zero-order valence-corrected chi connectivity index (χ0v) is 20.6. The number of carbonyl (C=O) groups is 1. The highest BCUT2D eigenvalue weighted by Crippen LogP contribution is 2.23. The number of sulfonamides is 1. The van der Waals surface area contributed by atoms with Crippen LogP contribution in [-0.2, 0) is 22.0 Å². The third-order valence-corrected chi connectivity index (χ3v) is 7.60. The number of rotatable bonds is 6. The molecule has 1 aliphatic heterocycles. The molecule has 32 heavy (non-hydrogen) atoms. The number of nitrogens with one attached hydrogen (secondary N) is 1. The Morgan fingerprint density at radius 2 is 1.56 bits per heavy atom. The van der Waals surface area contributed by atoms with Crippen LogP contribution in [0.15, 0.2) is 53.4 Å². The summed E-state index contributed by atoms with van der Waals surface area (Å²) in [5, 5.41) is 0. The Hall–Kier alpha value is -2.22. The van der Waals surface area contributed by atoms with Gasteiger partial charge in [-0.05, 0) is 67.7 Å². The van der Waals surface area contributed by atoms with Crippen molar-refractivity contribution in [1.29, 1.82) is 0 Å². The van der Waals surface area contributed by atoms with E-state index >= 15 is 0 Å². The molecule has 0 aliphatic carbocycles. The Morgan fingerprint density at radius 3 is 2.06 bits per heavy atom. The monoisotopic (exact) mass is 457 g/mol. The molecule has 1 saturated heterocycles. The fourth-order valence-electron chi connectivity index (χ4n) is 3.93. The summed E-state index contributed by atoms with van der Waals surface area (Å²) < 4.78 is 27.9. The molecule has 0 radical (unpaired) electrons. The lowest BCUT2D eigenvalue weighted by atomic mass is 9.87. The molecule has 1 fully saturated rings. The van der Waals surface area contributed by atoms with Crippen molar-refractivity contribution in [3.05, 3.63) is 65.2 Å². The Bertz CT molecular complexity index is 1020. The zero-order chi connectivity index (χ0) is 23.5. The van der Waals surface area contributed by atoms with Crippen molar-refractivity contribution in [2.24, 2.45) is 0 Å². The molecule has 2 aromatic carbocycles. The fourth-order valence-corrected chi connectivity index (χ4v) is 4.95. The van der Waals surface area contributed by atoms with E-state index in [0.29, 0.717) is 11.6 Å². The van der Waals surface area contributed by atoms with E-state index in [9.17, 15) is 13.2 Å². The summed E-state index contributed by atoms with van der Waals surface area (Å²) in [4.78, 5) is 17.2. The van der Waals surface area contributed by atoms with Crippen molar-refractivity contribution < 1.29 is 13.2 Å². The third kappa shape index (κ3) is 5.97. The summed E-state index contributed by atoms with van der Waals surface area (Å²) in [5.41, 5.74) is 2.50. The number of carbonyl (C=O) groups excluding carboxylic acids is 1. The van der Waals surface area contributed by atoms with Gasteiger partial charge in [0.05, 0.1) is 4.90 Å². The Balaban J connectivity index is 1.58. The minimum absolute atomic E-state index is 0.0306. The number of piperidine rings is 1. The van der Waals surface area contributed by atoms with Crippen LogP contribution in [0.3, 0.4) is 0 Å². The van der Waals surface area contributed by atoms with Crippen molar-refractivity contribution >= 4 is 15.9 Å². The molecule has 0 aromatic heterocycles. The van der Waals surface area contributed by atoms with Crippen LogP contribution < -0.4 is 4.72 Å². The summed E-state index contributed by atoms with van der Waals surface area (Å²) in [6.07, 6.45) is 1.96. The van der Waals surface area contributed by atoms with E-state index in [1.165, 1.54) is 0 Å². The highest BCUT2D eigenvalue weighted by molar-refractivity contribution is 7.89. The van der Waals surface area contributed by atoms with Gasteiger partial charge < -0.3 is 9.80 Å². The van der Waals surface area contributed by atoms with Gasteiger partial charge in [0, 0.05) is 31.2 Å². The van der Waals surface area contributed by atoms with Crippen molar-refractivity contribution in [2.45, 2.75) is 56.5 Å². The van der Waals surface area contributed by atoms with Crippen molar-refractivity contribution in [2.75, 3.05) is 27.2 Å². The Kier molecular flexibility index (Phi) is 7.43. The first-order chi connectivity index (χ1) is 15.0. The van der Waals surface area contributed by atoms with Gasteiger partial charge in [-0.15, -0.1) is 0 Å². The van der Waals surface area contributed by atoms with E-state index in [1.807, 2.05) is 29.2 Å². The highest BCUT2D eigenvalue weighted by Gasteiger charge is 2.24. The first kappa shape index (κ1) is 24.4. The number of hydrogen-bond acceptors (Lipinski definition) is 4. The number of amides is 1. The van der Waals surface area contributed by atoms with E-state index in [4.69, 9.17) is 0 Å².